The minimum atomic E-state index is -0.476. The number of aromatic hydroxyl groups is 1. The largest absolute Gasteiger partial charge is 0.507 e. The van der Waals surface area contributed by atoms with Crippen molar-refractivity contribution in [2.75, 3.05) is 0 Å². The number of ether oxygens (including phenoxy) is 1. The number of phenols is 1. The topological polar surface area (TPSA) is 70.9 Å². The van der Waals surface area contributed by atoms with Crippen molar-refractivity contribution in [3.63, 3.8) is 0 Å². The average Bonchev–Trinajstić information content (AvgIpc) is 2.79. The summed E-state index contributed by atoms with van der Waals surface area (Å²) < 4.78 is 9.12. The summed E-state index contributed by atoms with van der Waals surface area (Å²) in [6.45, 7) is 0.488. The van der Waals surface area contributed by atoms with Gasteiger partial charge in [0.15, 0.2) is 0 Å². The molecule has 5 nitrogen and oxygen atoms in total. The van der Waals surface area contributed by atoms with Crippen LogP contribution in [0, 0.1) is 10.7 Å². The number of nitrogens with one attached hydrogen (secondary N) is 1. The molecule has 33 heavy (non-hydrogen) atoms. The third kappa shape index (κ3) is 6.15. The van der Waals surface area contributed by atoms with Crippen molar-refractivity contribution >= 4 is 90.7 Å². The fourth-order valence-electron chi connectivity index (χ4n) is 3.16. The van der Waals surface area contributed by atoms with Crippen LogP contribution in [0.5, 0.6) is 11.5 Å². The molecule has 4 aromatic rings. The molecule has 0 aliphatic heterocycles. The molecule has 0 aromatic heterocycles. The number of halogens is 3. The van der Waals surface area contributed by atoms with Crippen molar-refractivity contribution in [3.05, 3.63) is 100 Å². The number of nitrogens with zero attached hydrogens (tertiary/aromatic N) is 1. The van der Waals surface area contributed by atoms with Gasteiger partial charge in [0.05, 0.1) is 18.9 Å². The van der Waals surface area contributed by atoms with E-state index in [0.717, 1.165) is 34.8 Å². The molecule has 2 N–H and O–H groups in total. The Morgan fingerprint density at radius 1 is 0.939 bits per heavy atom. The van der Waals surface area contributed by atoms with Gasteiger partial charge >= 0.3 is 0 Å². The third-order valence-corrected chi connectivity index (χ3v) is 7.13. The molecule has 4 rings (SSSR count). The zero-order chi connectivity index (χ0) is 23.4. The molecule has 0 unspecified atom stereocenters. The highest BCUT2D eigenvalue weighted by Gasteiger charge is 2.12. The monoisotopic (exact) mass is 774 g/mol. The summed E-state index contributed by atoms with van der Waals surface area (Å²) >= 11 is 6.75. The lowest BCUT2D eigenvalue weighted by Gasteiger charge is -2.11. The minimum absolute atomic E-state index is 0.0832. The minimum Gasteiger partial charge on any atom is -0.507 e. The zero-order valence-corrected chi connectivity index (χ0v) is 23.5. The number of rotatable bonds is 6. The first-order valence-electron chi connectivity index (χ1n) is 9.82. The lowest BCUT2D eigenvalue weighted by molar-refractivity contribution is 0.0952. The van der Waals surface area contributed by atoms with Gasteiger partial charge < -0.3 is 9.84 Å². The number of hydrogen-bond acceptors (Lipinski definition) is 4. The van der Waals surface area contributed by atoms with Crippen molar-refractivity contribution in [1.29, 1.82) is 0 Å². The fraction of sp³-hybridized carbons (Fsp3) is 0.0400. The van der Waals surface area contributed by atoms with E-state index in [-0.39, 0.29) is 11.3 Å². The number of carbonyl (C=O) groups excluding carboxylic acids is 1. The maximum atomic E-state index is 12.5. The Labute approximate surface area is 232 Å². The highest BCUT2D eigenvalue weighted by molar-refractivity contribution is 14.1. The Morgan fingerprint density at radius 3 is 2.24 bits per heavy atom. The highest BCUT2D eigenvalue weighted by atomic mass is 127. The second-order valence-electron chi connectivity index (χ2n) is 7.14. The van der Waals surface area contributed by atoms with E-state index in [1.165, 1.54) is 3.57 Å². The number of hydrazone groups is 1. The molecule has 0 fully saturated rings. The van der Waals surface area contributed by atoms with Crippen molar-refractivity contribution < 1.29 is 14.6 Å². The van der Waals surface area contributed by atoms with Crippen LogP contribution >= 0.6 is 67.8 Å². The number of fused-ring (bicyclic) bond motifs is 1. The lowest BCUT2D eigenvalue weighted by Crippen LogP contribution is -2.17. The fourth-order valence-corrected chi connectivity index (χ4v) is 5.65. The van der Waals surface area contributed by atoms with Gasteiger partial charge in [0, 0.05) is 3.57 Å². The van der Waals surface area contributed by atoms with Crippen LogP contribution in [-0.4, -0.2) is 17.2 Å². The van der Waals surface area contributed by atoms with Gasteiger partial charge in [-0.05, 0) is 126 Å². The van der Waals surface area contributed by atoms with E-state index >= 15 is 0 Å². The van der Waals surface area contributed by atoms with Gasteiger partial charge in [-0.25, -0.2) is 5.43 Å². The molecule has 0 aliphatic carbocycles. The molecule has 0 bridgehead atoms. The number of phenolic OH excluding ortho intramolecular Hbond substituents is 1. The van der Waals surface area contributed by atoms with E-state index in [9.17, 15) is 9.90 Å². The molecule has 0 radical (unpaired) electrons. The molecule has 0 spiro atoms. The summed E-state index contributed by atoms with van der Waals surface area (Å²) in [6, 6.07) is 22.9. The maximum Gasteiger partial charge on any atom is 0.275 e. The van der Waals surface area contributed by atoms with Crippen LogP contribution in [0.4, 0.5) is 0 Å². The van der Waals surface area contributed by atoms with E-state index in [2.05, 4.69) is 103 Å². The molecule has 4 aromatic carbocycles. The smallest absolute Gasteiger partial charge is 0.275 e. The van der Waals surface area contributed by atoms with Crippen LogP contribution in [0.2, 0.25) is 0 Å². The molecular formula is C25H17I3N2O3. The lowest BCUT2D eigenvalue weighted by atomic mass is 10.1. The van der Waals surface area contributed by atoms with E-state index < -0.39 is 5.91 Å². The van der Waals surface area contributed by atoms with Gasteiger partial charge in [0.25, 0.3) is 5.91 Å². The summed E-state index contributed by atoms with van der Waals surface area (Å²) in [7, 11) is 0. The predicted molar refractivity (Wildman–Crippen MR) is 156 cm³/mol. The standard InChI is InChI=1S/C25H17I3N2O3/c26-19-7-5-15(6-8-19)14-33-24-21(27)9-16(10-22(24)28)13-29-30-25(32)20-11-17-3-1-2-4-18(17)12-23(20)31/h1-13,31H,14H2,(H,30,32). The Hall–Kier alpha value is -1.93. The van der Waals surface area contributed by atoms with Gasteiger partial charge in [-0.15, -0.1) is 0 Å². The molecule has 166 valence electrons. The summed E-state index contributed by atoms with van der Waals surface area (Å²) in [6.07, 6.45) is 1.57. The normalized spacial score (nSPS) is 11.1. The third-order valence-electron chi connectivity index (χ3n) is 4.81. The summed E-state index contributed by atoms with van der Waals surface area (Å²) in [5.74, 6) is 0.258. The van der Waals surface area contributed by atoms with Gasteiger partial charge in [-0.1, -0.05) is 36.4 Å². The van der Waals surface area contributed by atoms with Crippen molar-refractivity contribution in [2.24, 2.45) is 5.10 Å². The molecule has 0 heterocycles. The van der Waals surface area contributed by atoms with Gasteiger partial charge in [0.2, 0.25) is 0 Å². The van der Waals surface area contributed by atoms with E-state index in [1.54, 1.807) is 18.3 Å². The van der Waals surface area contributed by atoms with Crippen LogP contribution in [0.15, 0.2) is 77.9 Å². The average molecular weight is 774 g/mol. The van der Waals surface area contributed by atoms with E-state index in [1.807, 2.05) is 36.4 Å². The number of amides is 1. The molecule has 0 saturated carbocycles. The van der Waals surface area contributed by atoms with Crippen LogP contribution in [0.25, 0.3) is 10.8 Å². The summed E-state index contributed by atoms with van der Waals surface area (Å²) in [5.41, 5.74) is 4.60. The van der Waals surface area contributed by atoms with Crippen molar-refractivity contribution in [2.45, 2.75) is 6.61 Å². The van der Waals surface area contributed by atoms with Crippen molar-refractivity contribution in [3.8, 4) is 11.5 Å². The van der Waals surface area contributed by atoms with Crippen LogP contribution < -0.4 is 10.2 Å². The number of carbonyl (C=O) groups is 1. The molecular weight excluding hydrogens is 757 g/mol. The highest BCUT2D eigenvalue weighted by Crippen LogP contribution is 2.29. The Morgan fingerprint density at radius 2 is 1.58 bits per heavy atom. The van der Waals surface area contributed by atoms with Crippen molar-refractivity contribution in [1.82, 2.24) is 5.43 Å². The Bertz CT molecular complexity index is 1330. The van der Waals surface area contributed by atoms with E-state index in [0.29, 0.717) is 6.61 Å². The van der Waals surface area contributed by atoms with Gasteiger partial charge in [-0.3, -0.25) is 4.79 Å². The van der Waals surface area contributed by atoms with Gasteiger partial charge in [-0.2, -0.15) is 5.10 Å². The zero-order valence-electron chi connectivity index (χ0n) is 17.1. The van der Waals surface area contributed by atoms with Crippen LogP contribution in [0.1, 0.15) is 21.5 Å². The number of hydrogen-bond donors (Lipinski definition) is 2. The van der Waals surface area contributed by atoms with Gasteiger partial charge in [0.1, 0.15) is 18.1 Å². The van der Waals surface area contributed by atoms with E-state index in [4.69, 9.17) is 4.74 Å². The molecule has 0 aliphatic rings. The SMILES string of the molecule is O=C(NN=Cc1cc(I)c(OCc2ccc(I)cc2)c(I)c1)c1cc2ccccc2cc1O. The molecule has 8 heteroatoms. The first-order chi connectivity index (χ1) is 15.9. The van der Waals surface area contributed by atoms with Crippen LogP contribution in [-0.2, 0) is 6.61 Å². The first-order valence-corrected chi connectivity index (χ1v) is 13.1. The predicted octanol–water partition coefficient (Wildman–Crippen LogP) is 6.70. The quantitative estimate of drug-likeness (QED) is 0.130. The first kappa shape index (κ1) is 24.2. The Kier molecular flexibility index (Phi) is 8.07. The molecule has 0 atom stereocenters. The van der Waals surface area contributed by atoms with Crippen LogP contribution in [0.3, 0.4) is 0 Å². The second kappa shape index (κ2) is 11.0. The summed E-state index contributed by atoms with van der Waals surface area (Å²) in [4.78, 5) is 12.5. The second-order valence-corrected chi connectivity index (χ2v) is 10.7. The Balaban J connectivity index is 1.43. The molecule has 1 amide bonds. The maximum absolute atomic E-state index is 12.5. The summed E-state index contributed by atoms with van der Waals surface area (Å²) in [5, 5.41) is 16.0. The number of benzene rings is 4. The molecule has 0 saturated heterocycles.